The summed E-state index contributed by atoms with van der Waals surface area (Å²) in [6.45, 7) is 5.14. The van der Waals surface area contributed by atoms with Crippen LogP contribution in [0.5, 0.6) is 5.75 Å². The van der Waals surface area contributed by atoms with E-state index in [-0.39, 0.29) is 23.5 Å². The van der Waals surface area contributed by atoms with Gasteiger partial charge in [-0.1, -0.05) is 13.8 Å². The molecule has 0 saturated carbocycles. The number of rotatable bonds is 7. The number of hydrogen-bond acceptors (Lipinski definition) is 4. The molecule has 1 fully saturated rings. The zero-order chi connectivity index (χ0) is 22.4. The van der Waals surface area contributed by atoms with Gasteiger partial charge in [-0.3, -0.25) is 4.79 Å². The normalized spacial score (nSPS) is 15.6. The Kier molecular flexibility index (Phi) is 7.55. The standard InChI is InChI=1S/C23H27F2N3O3/c1-16(2)13-21(28(15-29)19-5-3-18(24)4-6-19)17-8-11-27(12-9-17)23(30)31-20-7-10-26-22(25)14-20/h3-7,10,14-17,21H,8-9,11-13H2,1-2H3. The molecule has 166 valence electrons. The van der Waals surface area contributed by atoms with Crippen molar-refractivity contribution < 1.29 is 23.1 Å². The first-order valence-electron chi connectivity index (χ1n) is 10.4. The van der Waals surface area contributed by atoms with Gasteiger partial charge in [-0.2, -0.15) is 4.39 Å². The SMILES string of the molecule is CC(C)CC(C1CCN(C(=O)Oc2ccnc(F)c2)CC1)N(C=O)c1ccc(F)cc1. The third kappa shape index (κ3) is 5.99. The zero-order valence-corrected chi connectivity index (χ0v) is 17.7. The van der Waals surface area contributed by atoms with Gasteiger partial charge in [0, 0.05) is 37.1 Å². The number of benzene rings is 1. The molecule has 1 aliphatic heterocycles. The largest absolute Gasteiger partial charge is 0.415 e. The van der Waals surface area contributed by atoms with E-state index in [4.69, 9.17) is 4.74 Å². The average Bonchev–Trinajstić information content (AvgIpc) is 2.74. The lowest BCUT2D eigenvalue weighted by Gasteiger charge is -2.40. The molecule has 0 N–H and O–H groups in total. The Morgan fingerprint density at radius 2 is 1.90 bits per heavy atom. The van der Waals surface area contributed by atoms with E-state index in [1.165, 1.54) is 24.4 Å². The maximum absolute atomic E-state index is 13.3. The first-order valence-corrected chi connectivity index (χ1v) is 10.4. The van der Waals surface area contributed by atoms with Gasteiger partial charge in [0.05, 0.1) is 0 Å². The number of likely N-dealkylation sites (tertiary alicyclic amines) is 1. The van der Waals surface area contributed by atoms with Crippen LogP contribution < -0.4 is 9.64 Å². The van der Waals surface area contributed by atoms with E-state index in [0.29, 0.717) is 37.5 Å². The minimum absolute atomic E-state index is 0.0598. The Balaban J connectivity index is 1.66. The van der Waals surface area contributed by atoms with Crippen LogP contribution in [0.25, 0.3) is 0 Å². The molecule has 1 atom stereocenters. The third-order valence-electron chi connectivity index (χ3n) is 5.55. The number of pyridine rings is 1. The fraction of sp³-hybridized carbons (Fsp3) is 0.435. The minimum Gasteiger partial charge on any atom is -0.410 e. The third-order valence-corrected chi connectivity index (χ3v) is 5.55. The number of anilines is 1. The number of ether oxygens (including phenoxy) is 1. The van der Waals surface area contributed by atoms with Crippen molar-refractivity contribution >= 4 is 18.2 Å². The molecule has 6 nitrogen and oxygen atoms in total. The zero-order valence-electron chi connectivity index (χ0n) is 17.7. The summed E-state index contributed by atoms with van der Waals surface area (Å²) in [6, 6.07) is 8.34. The molecule has 2 amide bonds. The molecule has 1 saturated heterocycles. The average molecular weight is 431 g/mol. The van der Waals surface area contributed by atoms with E-state index in [1.807, 2.05) is 0 Å². The monoisotopic (exact) mass is 431 g/mol. The molecule has 0 radical (unpaired) electrons. The molecule has 2 heterocycles. The Labute approximate surface area is 180 Å². The lowest BCUT2D eigenvalue weighted by Crippen LogP contribution is -2.47. The topological polar surface area (TPSA) is 62.7 Å². The van der Waals surface area contributed by atoms with Gasteiger partial charge in [-0.15, -0.1) is 0 Å². The Hall–Kier alpha value is -3.03. The van der Waals surface area contributed by atoms with E-state index in [0.717, 1.165) is 18.9 Å². The maximum Gasteiger partial charge on any atom is 0.415 e. The fourth-order valence-electron chi connectivity index (χ4n) is 4.04. The Morgan fingerprint density at radius 3 is 2.48 bits per heavy atom. The van der Waals surface area contributed by atoms with Crippen LogP contribution >= 0.6 is 0 Å². The minimum atomic E-state index is -0.713. The maximum atomic E-state index is 13.3. The number of amides is 2. The fourth-order valence-corrected chi connectivity index (χ4v) is 4.04. The van der Waals surface area contributed by atoms with E-state index in [9.17, 15) is 18.4 Å². The molecule has 1 unspecified atom stereocenters. The first kappa shape index (κ1) is 22.7. The summed E-state index contributed by atoms with van der Waals surface area (Å²) in [4.78, 5) is 31.1. The van der Waals surface area contributed by atoms with Crippen molar-refractivity contribution in [3.63, 3.8) is 0 Å². The van der Waals surface area contributed by atoms with Crippen LogP contribution in [0.15, 0.2) is 42.6 Å². The Bertz CT molecular complexity index is 884. The van der Waals surface area contributed by atoms with Crippen molar-refractivity contribution in [2.24, 2.45) is 11.8 Å². The van der Waals surface area contributed by atoms with Crippen LogP contribution in [0.3, 0.4) is 0 Å². The van der Waals surface area contributed by atoms with Crippen LogP contribution in [0, 0.1) is 23.6 Å². The van der Waals surface area contributed by atoms with Crippen LogP contribution in [0.2, 0.25) is 0 Å². The van der Waals surface area contributed by atoms with E-state index in [1.54, 1.807) is 21.9 Å². The molecule has 1 aliphatic rings. The van der Waals surface area contributed by atoms with Gasteiger partial charge in [0.1, 0.15) is 11.6 Å². The first-order chi connectivity index (χ1) is 14.9. The van der Waals surface area contributed by atoms with Gasteiger partial charge in [0.15, 0.2) is 0 Å². The van der Waals surface area contributed by atoms with Crippen molar-refractivity contribution in [2.45, 2.75) is 39.2 Å². The van der Waals surface area contributed by atoms with Gasteiger partial charge >= 0.3 is 6.09 Å². The summed E-state index contributed by atoms with van der Waals surface area (Å²) in [7, 11) is 0. The van der Waals surface area contributed by atoms with Crippen molar-refractivity contribution in [2.75, 3.05) is 18.0 Å². The number of hydrogen-bond donors (Lipinski definition) is 0. The molecule has 8 heteroatoms. The van der Waals surface area contributed by atoms with Crippen LogP contribution in [0.1, 0.15) is 33.1 Å². The second-order valence-electron chi connectivity index (χ2n) is 8.19. The van der Waals surface area contributed by atoms with Crippen molar-refractivity contribution in [3.05, 3.63) is 54.4 Å². The molecule has 1 aromatic heterocycles. The second-order valence-corrected chi connectivity index (χ2v) is 8.19. The summed E-state index contributed by atoms with van der Waals surface area (Å²) in [5.41, 5.74) is 0.656. The lowest BCUT2D eigenvalue weighted by molar-refractivity contribution is -0.108. The highest BCUT2D eigenvalue weighted by molar-refractivity contribution is 5.76. The molecular formula is C23H27F2N3O3. The summed E-state index contributed by atoms with van der Waals surface area (Å²) >= 11 is 0. The van der Waals surface area contributed by atoms with Gasteiger partial charge in [-0.25, -0.2) is 14.2 Å². The van der Waals surface area contributed by atoms with E-state index >= 15 is 0 Å². The van der Waals surface area contributed by atoms with Gasteiger partial charge in [0.25, 0.3) is 0 Å². The van der Waals surface area contributed by atoms with Crippen LogP contribution in [0.4, 0.5) is 19.3 Å². The van der Waals surface area contributed by atoms with Gasteiger partial charge in [0.2, 0.25) is 12.4 Å². The number of aromatic nitrogens is 1. The molecule has 0 bridgehead atoms. The smallest absolute Gasteiger partial charge is 0.410 e. The summed E-state index contributed by atoms with van der Waals surface area (Å²) in [5, 5.41) is 0. The Morgan fingerprint density at radius 1 is 1.23 bits per heavy atom. The highest BCUT2D eigenvalue weighted by atomic mass is 19.1. The van der Waals surface area contributed by atoms with E-state index < -0.39 is 12.0 Å². The summed E-state index contributed by atoms with van der Waals surface area (Å²) in [6.07, 6.45) is 3.70. The second kappa shape index (κ2) is 10.3. The van der Waals surface area contributed by atoms with Gasteiger partial charge < -0.3 is 14.5 Å². The van der Waals surface area contributed by atoms with E-state index in [2.05, 4.69) is 18.8 Å². The quantitative estimate of drug-likeness (QED) is 0.473. The predicted octanol–water partition coefficient (Wildman–Crippen LogP) is 4.65. The molecule has 31 heavy (non-hydrogen) atoms. The predicted molar refractivity (Wildman–Crippen MR) is 113 cm³/mol. The van der Waals surface area contributed by atoms with Crippen molar-refractivity contribution in [1.82, 2.24) is 9.88 Å². The summed E-state index contributed by atoms with van der Waals surface area (Å²) in [5.74, 6) is -0.413. The highest BCUT2D eigenvalue weighted by Gasteiger charge is 2.33. The number of halogens is 2. The molecule has 0 spiro atoms. The number of carbonyl (C=O) groups excluding carboxylic acids is 2. The molecule has 2 aromatic rings. The van der Waals surface area contributed by atoms with Crippen molar-refractivity contribution in [3.8, 4) is 5.75 Å². The lowest BCUT2D eigenvalue weighted by atomic mass is 9.84. The van der Waals surface area contributed by atoms with Gasteiger partial charge in [-0.05, 0) is 61.4 Å². The molecule has 0 aliphatic carbocycles. The van der Waals surface area contributed by atoms with Crippen LogP contribution in [-0.4, -0.2) is 41.5 Å². The van der Waals surface area contributed by atoms with Crippen molar-refractivity contribution in [1.29, 1.82) is 0 Å². The molecular weight excluding hydrogens is 404 g/mol. The summed E-state index contributed by atoms with van der Waals surface area (Å²) < 4.78 is 31.8. The number of piperidine rings is 1. The molecule has 3 rings (SSSR count). The highest BCUT2D eigenvalue weighted by Crippen LogP contribution is 2.31. The number of nitrogens with zero attached hydrogens (tertiary/aromatic N) is 3. The van der Waals surface area contributed by atoms with Crippen LogP contribution in [-0.2, 0) is 4.79 Å². The number of carbonyl (C=O) groups is 2. The molecule has 1 aromatic carbocycles.